The second-order valence-electron chi connectivity index (χ2n) is 5.60. The number of hydrogen-bond donors (Lipinski definition) is 1. The first kappa shape index (κ1) is 18.8. The fourth-order valence-corrected chi connectivity index (χ4v) is 4.82. The lowest BCUT2D eigenvalue weighted by Crippen LogP contribution is -2.51. The van der Waals surface area contributed by atoms with E-state index >= 15 is 0 Å². The third-order valence-corrected chi connectivity index (χ3v) is 5.96. The summed E-state index contributed by atoms with van der Waals surface area (Å²) in [6, 6.07) is 3.70. The smallest absolute Gasteiger partial charge is 0.271 e. The minimum absolute atomic E-state index is 0.00959. The van der Waals surface area contributed by atoms with Crippen molar-refractivity contribution in [3.63, 3.8) is 0 Å². The zero-order valence-corrected chi connectivity index (χ0v) is 15.5. The Balaban J connectivity index is 2.23. The van der Waals surface area contributed by atoms with Crippen LogP contribution in [0.4, 0.5) is 11.4 Å². The second kappa shape index (κ2) is 7.18. The summed E-state index contributed by atoms with van der Waals surface area (Å²) in [5, 5.41) is 17.6. The van der Waals surface area contributed by atoms with Crippen LogP contribution in [-0.2, 0) is 9.84 Å². The summed E-state index contributed by atoms with van der Waals surface area (Å²) in [5.74, 6) is 0.123. The Bertz CT molecular complexity index is 769. The molecule has 0 spiro atoms. The van der Waals surface area contributed by atoms with Crippen LogP contribution in [0.2, 0.25) is 5.02 Å². The largest absolute Gasteiger partial charge is 0.330 e. The van der Waals surface area contributed by atoms with Gasteiger partial charge in [0.2, 0.25) is 0 Å². The van der Waals surface area contributed by atoms with Crippen molar-refractivity contribution in [2.45, 2.75) is 12.5 Å². The number of nitrogens with one attached hydrogen (secondary N) is 1. The Labute approximate surface area is 150 Å². The van der Waals surface area contributed by atoms with Crippen LogP contribution in [0.25, 0.3) is 0 Å². The van der Waals surface area contributed by atoms with Crippen LogP contribution in [0.5, 0.6) is 0 Å². The van der Waals surface area contributed by atoms with Gasteiger partial charge in [-0.3, -0.25) is 15.1 Å². The summed E-state index contributed by atoms with van der Waals surface area (Å²) in [4.78, 5) is 10.4. The number of hydrogen-bond acceptors (Lipinski definition) is 6. The molecule has 0 amide bonds. The number of halogens is 1. The quantitative estimate of drug-likeness (QED) is 0.471. The van der Waals surface area contributed by atoms with E-state index in [4.69, 9.17) is 23.8 Å². The van der Waals surface area contributed by atoms with Gasteiger partial charge in [-0.25, -0.2) is 13.4 Å². The minimum Gasteiger partial charge on any atom is -0.330 e. The molecular weight excluding hydrogens is 376 g/mol. The van der Waals surface area contributed by atoms with E-state index < -0.39 is 14.8 Å². The average molecular weight is 393 g/mol. The molecule has 8 nitrogen and oxygen atoms in total. The molecule has 24 heavy (non-hydrogen) atoms. The molecule has 2 rings (SSSR count). The van der Waals surface area contributed by atoms with Crippen LogP contribution in [0.3, 0.4) is 0 Å². The molecule has 11 heteroatoms. The maximum absolute atomic E-state index is 11.7. The first-order valence-electron chi connectivity index (χ1n) is 7.02. The van der Waals surface area contributed by atoms with Crippen molar-refractivity contribution in [3.8, 4) is 0 Å². The molecule has 1 aliphatic heterocycles. The van der Waals surface area contributed by atoms with E-state index in [-0.39, 0.29) is 33.4 Å². The lowest BCUT2D eigenvalue weighted by Gasteiger charge is -2.36. The lowest BCUT2D eigenvalue weighted by molar-refractivity contribution is -0.384. The number of nitrogens with zero attached hydrogens (tertiary/aromatic N) is 3. The van der Waals surface area contributed by atoms with E-state index in [0.717, 1.165) is 0 Å². The predicted octanol–water partition coefficient (Wildman–Crippen LogP) is 1.91. The van der Waals surface area contributed by atoms with Gasteiger partial charge >= 0.3 is 0 Å². The fraction of sp³-hybridized carbons (Fsp3) is 0.462. The molecule has 1 saturated heterocycles. The van der Waals surface area contributed by atoms with Crippen molar-refractivity contribution in [2.75, 3.05) is 30.9 Å². The zero-order valence-electron chi connectivity index (χ0n) is 13.1. The van der Waals surface area contributed by atoms with Crippen LogP contribution in [0, 0.1) is 10.1 Å². The molecule has 1 aromatic rings. The summed E-state index contributed by atoms with van der Waals surface area (Å²) in [6.45, 7) is 0. The summed E-state index contributed by atoms with van der Waals surface area (Å²) < 4.78 is 23.4. The normalized spacial score (nSPS) is 19.2. The number of benzene rings is 1. The SMILES string of the molecule is CN(C)N(C(=S)Nc1cc([N+](=O)[O-])ccc1Cl)[C@H]1CCS(=O)(=O)C1. The van der Waals surface area contributed by atoms with Gasteiger partial charge in [0.05, 0.1) is 33.2 Å². The summed E-state index contributed by atoms with van der Waals surface area (Å²) in [7, 11) is 0.410. The Morgan fingerprint density at radius 3 is 2.62 bits per heavy atom. The molecule has 0 saturated carbocycles. The van der Waals surface area contributed by atoms with E-state index in [1.165, 1.54) is 18.2 Å². The summed E-state index contributed by atoms with van der Waals surface area (Å²) in [5.41, 5.74) is 0.174. The van der Waals surface area contributed by atoms with Crippen LogP contribution in [0.15, 0.2) is 18.2 Å². The second-order valence-corrected chi connectivity index (χ2v) is 8.62. The molecule has 1 N–H and O–H groups in total. The standard InChI is InChI=1S/C13H17ClN4O4S2/c1-16(2)17(10-5-6-24(21,22)8-10)13(23)15-12-7-9(18(19)20)3-4-11(12)14/h3-4,7,10H,5-6,8H2,1-2H3,(H,15,23)/t10-/m0/s1. The van der Waals surface area contributed by atoms with Gasteiger partial charge in [-0.05, 0) is 24.7 Å². The molecule has 0 aromatic heterocycles. The molecule has 1 atom stereocenters. The van der Waals surface area contributed by atoms with Gasteiger partial charge in [-0.2, -0.15) is 0 Å². The highest BCUT2D eigenvalue weighted by Crippen LogP contribution is 2.28. The van der Waals surface area contributed by atoms with E-state index in [9.17, 15) is 18.5 Å². The van der Waals surface area contributed by atoms with E-state index in [2.05, 4.69) is 5.32 Å². The number of anilines is 1. The summed E-state index contributed by atoms with van der Waals surface area (Å²) in [6.07, 6.45) is 0.463. The highest BCUT2D eigenvalue weighted by molar-refractivity contribution is 7.91. The van der Waals surface area contributed by atoms with E-state index in [1.807, 2.05) is 0 Å². The topological polar surface area (TPSA) is 95.8 Å². The van der Waals surface area contributed by atoms with Gasteiger partial charge in [0.25, 0.3) is 5.69 Å². The maximum atomic E-state index is 11.7. The molecule has 0 aliphatic carbocycles. The van der Waals surface area contributed by atoms with Gasteiger partial charge in [0.15, 0.2) is 14.9 Å². The first-order valence-corrected chi connectivity index (χ1v) is 9.63. The molecule has 0 radical (unpaired) electrons. The van der Waals surface area contributed by atoms with Crippen molar-refractivity contribution in [1.82, 2.24) is 10.0 Å². The number of thiocarbonyl (C=S) groups is 1. The molecule has 1 heterocycles. The molecule has 0 bridgehead atoms. The van der Waals surface area contributed by atoms with Crippen molar-refractivity contribution in [1.29, 1.82) is 0 Å². The van der Waals surface area contributed by atoms with Crippen LogP contribution in [-0.4, -0.2) is 60.1 Å². The number of hydrazine groups is 1. The van der Waals surface area contributed by atoms with Crippen LogP contribution < -0.4 is 5.32 Å². The minimum atomic E-state index is -3.08. The van der Waals surface area contributed by atoms with Crippen molar-refractivity contribution >= 4 is 50.1 Å². The number of sulfone groups is 1. The monoisotopic (exact) mass is 392 g/mol. The fourth-order valence-electron chi connectivity index (χ4n) is 2.54. The average Bonchev–Trinajstić information content (AvgIpc) is 2.80. The Hall–Kier alpha value is -1.49. The Kier molecular flexibility index (Phi) is 5.63. The molecule has 1 aliphatic rings. The Morgan fingerprint density at radius 1 is 1.46 bits per heavy atom. The van der Waals surface area contributed by atoms with Gasteiger partial charge in [0.1, 0.15) is 0 Å². The van der Waals surface area contributed by atoms with E-state index in [1.54, 1.807) is 24.1 Å². The Morgan fingerprint density at radius 2 is 2.12 bits per heavy atom. The molecular formula is C13H17ClN4O4S2. The van der Waals surface area contributed by atoms with Crippen LogP contribution >= 0.6 is 23.8 Å². The van der Waals surface area contributed by atoms with Gasteiger partial charge < -0.3 is 5.32 Å². The van der Waals surface area contributed by atoms with Gasteiger partial charge in [-0.1, -0.05) is 11.6 Å². The number of rotatable bonds is 4. The molecule has 1 aromatic carbocycles. The molecule has 1 fully saturated rings. The highest BCUT2D eigenvalue weighted by Gasteiger charge is 2.35. The number of nitro groups is 1. The van der Waals surface area contributed by atoms with E-state index in [0.29, 0.717) is 12.1 Å². The summed E-state index contributed by atoms with van der Waals surface area (Å²) >= 11 is 11.4. The van der Waals surface area contributed by atoms with Crippen molar-refractivity contribution in [3.05, 3.63) is 33.3 Å². The third kappa shape index (κ3) is 4.32. The lowest BCUT2D eigenvalue weighted by atomic mass is 10.2. The van der Waals surface area contributed by atoms with Crippen molar-refractivity contribution < 1.29 is 13.3 Å². The van der Waals surface area contributed by atoms with Gasteiger partial charge in [0, 0.05) is 26.2 Å². The zero-order chi connectivity index (χ0) is 18.1. The third-order valence-electron chi connectivity index (χ3n) is 3.60. The van der Waals surface area contributed by atoms with Gasteiger partial charge in [-0.15, -0.1) is 0 Å². The first-order chi connectivity index (χ1) is 11.1. The number of nitro benzene ring substituents is 1. The molecule has 0 unspecified atom stereocenters. The predicted molar refractivity (Wildman–Crippen MR) is 96.9 cm³/mol. The maximum Gasteiger partial charge on any atom is 0.271 e. The van der Waals surface area contributed by atoms with Crippen LogP contribution in [0.1, 0.15) is 6.42 Å². The molecule has 132 valence electrons. The highest BCUT2D eigenvalue weighted by atomic mass is 35.5. The number of non-ortho nitro benzene ring substituents is 1. The van der Waals surface area contributed by atoms with Crippen molar-refractivity contribution in [2.24, 2.45) is 0 Å².